The lowest BCUT2D eigenvalue weighted by molar-refractivity contribution is -0.0437. The van der Waals surface area contributed by atoms with Gasteiger partial charge in [0, 0.05) is 17.2 Å². The molecule has 142 valence electrons. The lowest BCUT2D eigenvalue weighted by Crippen LogP contribution is -2.24. The quantitative estimate of drug-likeness (QED) is 0.792. The first-order chi connectivity index (χ1) is 12.6. The standard InChI is InChI=1S/C17H11F4NO4S/c18-12-3-1-10(7-9(12)8-22)26-14-5-6-15(27(24,25)17(19,20)21)16-11(14)2-4-13(16)23/h1,3,5-7,13,23H,2,4H2. The summed E-state index contributed by atoms with van der Waals surface area (Å²) in [6.07, 6.45) is -1.26. The largest absolute Gasteiger partial charge is 0.501 e. The van der Waals surface area contributed by atoms with E-state index in [4.69, 9.17) is 10.00 Å². The van der Waals surface area contributed by atoms with Gasteiger partial charge >= 0.3 is 5.51 Å². The van der Waals surface area contributed by atoms with Gasteiger partial charge in [-0.05, 0) is 37.1 Å². The van der Waals surface area contributed by atoms with Crippen molar-refractivity contribution in [3.05, 3.63) is 52.8 Å². The molecule has 1 aliphatic rings. The number of ether oxygens (including phenoxy) is 1. The van der Waals surface area contributed by atoms with Crippen LogP contribution in [0.1, 0.15) is 29.2 Å². The molecular formula is C17H11F4NO4S. The SMILES string of the molecule is N#Cc1cc(Oc2ccc(S(=O)(=O)C(F)(F)F)c3c2CCC3O)ccc1F. The number of alkyl halides is 3. The molecule has 2 aromatic rings. The zero-order valence-corrected chi connectivity index (χ0v) is 14.2. The van der Waals surface area contributed by atoms with Gasteiger partial charge in [0.15, 0.2) is 0 Å². The predicted octanol–water partition coefficient (Wildman–Crippen LogP) is 3.76. The average molecular weight is 401 g/mol. The van der Waals surface area contributed by atoms with E-state index in [-0.39, 0.29) is 41.0 Å². The molecule has 3 rings (SSSR count). The topological polar surface area (TPSA) is 87.4 Å². The Morgan fingerprint density at radius 3 is 2.56 bits per heavy atom. The molecule has 0 radical (unpaired) electrons. The molecule has 5 nitrogen and oxygen atoms in total. The number of aliphatic hydroxyl groups is 1. The van der Waals surface area contributed by atoms with E-state index in [0.717, 1.165) is 24.3 Å². The molecule has 1 unspecified atom stereocenters. The molecule has 0 aromatic heterocycles. The molecular weight excluding hydrogens is 390 g/mol. The molecule has 0 amide bonds. The molecule has 0 saturated carbocycles. The summed E-state index contributed by atoms with van der Waals surface area (Å²) in [5.74, 6) is -0.696. The highest BCUT2D eigenvalue weighted by atomic mass is 32.2. The molecule has 1 aliphatic carbocycles. The van der Waals surface area contributed by atoms with Crippen LogP contribution in [0.15, 0.2) is 35.2 Å². The Labute approximate surface area is 151 Å². The smallest absolute Gasteiger partial charge is 0.457 e. The number of aliphatic hydroxyl groups excluding tert-OH is 1. The number of benzene rings is 2. The van der Waals surface area contributed by atoms with E-state index >= 15 is 0 Å². The van der Waals surface area contributed by atoms with E-state index in [2.05, 4.69) is 0 Å². The molecule has 2 aromatic carbocycles. The Morgan fingerprint density at radius 1 is 1.22 bits per heavy atom. The van der Waals surface area contributed by atoms with Crippen molar-refractivity contribution in [2.24, 2.45) is 0 Å². The van der Waals surface area contributed by atoms with Crippen molar-refractivity contribution in [3.8, 4) is 17.6 Å². The van der Waals surface area contributed by atoms with Crippen molar-refractivity contribution < 1.29 is 35.8 Å². The van der Waals surface area contributed by atoms with Gasteiger partial charge in [-0.1, -0.05) is 0 Å². The molecule has 0 heterocycles. The fraction of sp³-hybridized carbons (Fsp3) is 0.235. The lowest BCUT2D eigenvalue weighted by atomic mass is 10.1. The highest BCUT2D eigenvalue weighted by Gasteiger charge is 2.49. The van der Waals surface area contributed by atoms with Crippen LogP contribution in [0.4, 0.5) is 17.6 Å². The van der Waals surface area contributed by atoms with Gasteiger partial charge in [-0.3, -0.25) is 0 Å². The number of hydrogen-bond donors (Lipinski definition) is 1. The Balaban J connectivity index is 2.10. The summed E-state index contributed by atoms with van der Waals surface area (Å²) in [4.78, 5) is -1.01. The molecule has 0 fully saturated rings. The number of sulfone groups is 1. The average Bonchev–Trinajstić information content (AvgIpc) is 2.98. The van der Waals surface area contributed by atoms with Crippen molar-refractivity contribution in [1.29, 1.82) is 5.26 Å². The highest BCUT2D eigenvalue weighted by Crippen LogP contribution is 2.45. The van der Waals surface area contributed by atoms with Gasteiger partial charge in [-0.2, -0.15) is 18.4 Å². The molecule has 27 heavy (non-hydrogen) atoms. The third kappa shape index (κ3) is 3.24. The number of rotatable bonds is 3. The first-order valence-electron chi connectivity index (χ1n) is 7.59. The molecule has 0 spiro atoms. The zero-order valence-electron chi connectivity index (χ0n) is 13.4. The number of nitriles is 1. The maximum atomic E-state index is 13.4. The van der Waals surface area contributed by atoms with Gasteiger partial charge in [-0.25, -0.2) is 12.8 Å². The van der Waals surface area contributed by atoms with Crippen LogP contribution in [-0.4, -0.2) is 19.0 Å². The Bertz CT molecular complexity index is 1060. The summed E-state index contributed by atoms with van der Waals surface area (Å²) in [6, 6.07) is 6.71. The van der Waals surface area contributed by atoms with Crippen molar-refractivity contribution in [3.63, 3.8) is 0 Å². The van der Waals surface area contributed by atoms with Gasteiger partial charge in [0.1, 0.15) is 23.4 Å². The Kier molecular flexibility index (Phi) is 4.61. The monoisotopic (exact) mass is 401 g/mol. The van der Waals surface area contributed by atoms with Crippen LogP contribution < -0.4 is 4.74 Å². The Morgan fingerprint density at radius 2 is 1.93 bits per heavy atom. The minimum absolute atomic E-state index is 0.0261. The maximum Gasteiger partial charge on any atom is 0.501 e. The summed E-state index contributed by atoms with van der Waals surface area (Å²) in [5.41, 5.74) is -6.03. The maximum absolute atomic E-state index is 13.4. The normalized spacial score (nSPS) is 16.7. The third-order valence-electron chi connectivity index (χ3n) is 4.16. The van der Waals surface area contributed by atoms with Gasteiger partial charge in [-0.15, -0.1) is 0 Å². The summed E-state index contributed by atoms with van der Waals surface area (Å²) in [6.45, 7) is 0. The number of halogens is 4. The number of fused-ring (bicyclic) bond motifs is 1. The van der Waals surface area contributed by atoms with Gasteiger partial charge < -0.3 is 9.84 Å². The molecule has 0 bridgehead atoms. The van der Waals surface area contributed by atoms with Crippen LogP contribution in [0.25, 0.3) is 0 Å². The van der Waals surface area contributed by atoms with E-state index in [9.17, 15) is 31.1 Å². The molecule has 10 heteroatoms. The van der Waals surface area contributed by atoms with Crippen molar-refractivity contribution >= 4 is 9.84 Å². The zero-order chi connectivity index (χ0) is 20.0. The molecule has 1 atom stereocenters. The summed E-state index contributed by atoms with van der Waals surface area (Å²) < 4.78 is 81.2. The fourth-order valence-corrected chi connectivity index (χ4v) is 3.95. The minimum Gasteiger partial charge on any atom is -0.457 e. The van der Waals surface area contributed by atoms with E-state index < -0.39 is 32.2 Å². The molecule has 0 aliphatic heterocycles. The van der Waals surface area contributed by atoms with E-state index in [1.165, 1.54) is 6.07 Å². The van der Waals surface area contributed by atoms with E-state index in [0.29, 0.717) is 0 Å². The van der Waals surface area contributed by atoms with Crippen LogP contribution in [0.3, 0.4) is 0 Å². The summed E-state index contributed by atoms with van der Waals surface area (Å²) >= 11 is 0. The summed E-state index contributed by atoms with van der Waals surface area (Å²) in [5, 5.41) is 18.9. The molecule has 0 saturated heterocycles. The van der Waals surface area contributed by atoms with Gasteiger partial charge in [0.2, 0.25) is 0 Å². The van der Waals surface area contributed by atoms with Crippen LogP contribution in [-0.2, 0) is 16.3 Å². The van der Waals surface area contributed by atoms with Gasteiger partial charge in [0.05, 0.1) is 16.6 Å². The fourth-order valence-electron chi connectivity index (χ4n) is 2.91. The van der Waals surface area contributed by atoms with Crippen molar-refractivity contribution in [2.45, 2.75) is 29.3 Å². The van der Waals surface area contributed by atoms with E-state index in [1.807, 2.05) is 0 Å². The number of hydrogen-bond acceptors (Lipinski definition) is 5. The van der Waals surface area contributed by atoms with Crippen LogP contribution in [0, 0.1) is 17.1 Å². The minimum atomic E-state index is -5.65. The first kappa shape index (κ1) is 19.1. The lowest BCUT2D eigenvalue weighted by Gasteiger charge is -2.17. The van der Waals surface area contributed by atoms with Crippen molar-refractivity contribution in [2.75, 3.05) is 0 Å². The Hall–Kier alpha value is -2.64. The highest BCUT2D eigenvalue weighted by molar-refractivity contribution is 7.92. The second kappa shape index (κ2) is 6.51. The van der Waals surface area contributed by atoms with E-state index in [1.54, 1.807) is 6.07 Å². The van der Waals surface area contributed by atoms with Crippen LogP contribution >= 0.6 is 0 Å². The second-order valence-electron chi connectivity index (χ2n) is 5.81. The molecule has 1 N–H and O–H groups in total. The predicted molar refractivity (Wildman–Crippen MR) is 84.2 cm³/mol. The van der Waals surface area contributed by atoms with Crippen LogP contribution in [0.5, 0.6) is 11.5 Å². The van der Waals surface area contributed by atoms with Crippen molar-refractivity contribution in [1.82, 2.24) is 0 Å². The second-order valence-corrected chi connectivity index (χ2v) is 7.72. The summed E-state index contributed by atoms with van der Waals surface area (Å²) in [7, 11) is -5.65. The first-order valence-corrected chi connectivity index (χ1v) is 9.07. The van der Waals surface area contributed by atoms with Gasteiger partial charge in [0.25, 0.3) is 9.84 Å². The van der Waals surface area contributed by atoms with Crippen LogP contribution in [0.2, 0.25) is 0 Å². The third-order valence-corrected chi connectivity index (χ3v) is 5.70. The number of nitrogens with zero attached hydrogens (tertiary/aromatic N) is 1.